The van der Waals surface area contributed by atoms with Gasteiger partial charge >= 0.3 is 0 Å². The molecule has 0 amide bonds. The summed E-state index contributed by atoms with van der Waals surface area (Å²) >= 11 is 0. The average Bonchev–Trinajstić information content (AvgIpc) is 2.18. The third kappa shape index (κ3) is 4.33. The Bertz CT molecular complexity index is 328. The number of methoxy groups -OCH3 is 1. The van der Waals surface area contributed by atoms with Crippen LogP contribution in [0.1, 0.15) is 31.9 Å². The number of rotatable bonds is 5. The highest BCUT2D eigenvalue weighted by atomic mass is 16.5. The van der Waals surface area contributed by atoms with Crippen molar-refractivity contribution in [1.82, 2.24) is 0 Å². The van der Waals surface area contributed by atoms with Gasteiger partial charge in [-0.15, -0.1) is 0 Å². The first-order valence-corrected chi connectivity index (χ1v) is 5.81. The molecular formula is C14H23NO. The summed E-state index contributed by atoms with van der Waals surface area (Å²) in [4.78, 5) is 0. The van der Waals surface area contributed by atoms with Gasteiger partial charge in [0.1, 0.15) is 0 Å². The lowest BCUT2D eigenvalue weighted by Crippen LogP contribution is -2.34. The summed E-state index contributed by atoms with van der Waals surface area (Å²) in [7, 11) is 1.75. The minimum atomic E-state index is -0.160. The van der Waals surface area contributed by atoms with Crippen LogP contribution in [0, 0.1) is 0 Å². The van der Waals surface area contributed by atoms with Gasteiger partial charge in [0.25, 0.3) is 0 Å². The van der Waals surface area contributed by atoms with Crippen molar-refractivity contribution in [2.45, 2.75) is 45.3 Å². The van der Waals surface area contributed by atoms with E-state index >= 15 is 0 Å². The van der Waals surface area contributed by atoms with E-state index in [1.807, 2.05) is 0 Å². The first kappa shape index (κ1) is 13.2. The van der Waals surface area contributed by atoms with Gasteiger partial charge in [-0.2, -0.15) is 0 Å². The fraction of sp³-hybridized carbons (Fsp3) is 0.571. The van der Waals surface area contributed by atoms with Gasteiger partial charge < -0.3 is 10.5 Å². The molecule has 0 heterocycles. The SMILES string of the molecule is COC(C)Cc1ccccc1CC(C)(C)N. The van der Waals surface area contributed by atoms with Gasteiger partial charge in [-0.25, -0.2) is 0 Å². The molecule has 16 heavy (non-hydrogen) atoms. The maximum atomic E-state index is 6.07. The van der Waals surface area contributed by atoms with E-state index in [0.29, 0.717) is 0 Å². The van der Waals surface area contributed by atoms with Gasteiger partial charge in [0.15, 0.2) is 0 Å². The summed E-state index contributed by atoms with van der Waals surface area (Å²) in [6, 6.07) is 8.47. The topological polar surface area (TPSA) is 35.2 Å². The predicted molar refractivity (Wildman–Crippen MR) is 68.6 cm³/mol. The van der Waals surface area contributed by atoms with Crippen molar-refractivity contribution >= 4 is 0 Å². The Balaban J connectivity index is 2.83. The summed E-state index contributed by atoms with van der Waals surface area (Å²) in [6.45, 7) is 6.21. The maximum Gasteiger partial charge on any atom is 0.0583 e. The van der Waals surface area contributed by atoms with Crippen molar-refractivity contribution in [3.63, 3.8) is 0 Å². The Kier molecular flexibility index (Phi) is 4.51. The molecule has 1 rings (SSSR count). The summed E-state index contributed by atoms with van der Waals surface area (Å²) in [6.07, 6.45) is 2.10. The van der Waals surface area contributed by atoms with Crippen molar-refractivity contribution in [3.05, 3.63) is 35.4 Å². The van der Waals surface area contributed by atoms with Crippen LogP contribution >= 0.6 is 0 Å². The van der Waals surface area contributed by atoms with Gasteiger partial charge in [0, 0.05) is 12.6 Å². The maximum absolute atomic E-state index is 6.07. The normalized spacial score (nSPS) is 13.8. The highest BCUT2D eigenvalue weighted by Crippen LogP contribution is 2.17. The van der Waals surface area contributed by atoms with E-state index in [1.54, 1.807) is 7.11 Å². The van der Waals surface area contributed by atoms with Crippen molar-refractivity contribution in [2.75, 3.05) is 7.11 Å². The largest absolute Gasteiger partial charge is 0.381 e. The van der Waals surface area contributed by atoms with E-state index in [4.69, 9.17) is 10.5 Å². The second-order valence-corrected chi connectivity index (χ2v) is 5.18. The molecule has 0 aliphatic carbocycles. The zero-order chi connectivity index (χ0) is 12.2. The van der Waals surface area contributed by atoms with Crippen molar-refractivity contribution in [3.8, 4) is 0 Å². The zero-order valence-electron chi connectivity index (χ0n) is 10.8. The molecule has 2 nitrogen and oxygen atoms in total. The summed E-state index contributed by atoms with van der Waals surface area (Å²) in [5, 5.41) is 0. The van der Waals surface area contributed by atoms with E-state index in [2.05, 4.69) is 45.0 Å². The van der Waals surface area contributed by atoms with Gasteiger partial charge in [-0.05, 0) is 44.7 Å². The monoisotopic (exact) mass is 221 g/mol. The number of nitrogens with two attached hydrogens (primary N) is 1. The smallest absolute Gasteiger partial charge is 0.0583 e. The van der Waals surface area contributed by atoms with Crippen LogP contribution in [0.25, 0.3) is 0 Å². The molecule has 0 aromatic heterocycles. The second kappa shape index (κ2) is 5.46. The quantitative estimate of drug-likeness (QED) is 0.829. The highest BCUT2D eigenvalue weighted by molar-refractivity contribution is 5.29. The summed E-state index contributed by atoms with van der Waals surface area (Å²) < 4.78 is 5.31. The van der Waals surface area contributed by atoms with E-state index < -0.39 is 0 Å². The molecule has 90 valence electrons. The lowest BCUT2D eigenvalue weighted by molar-refractivity contribution is 0.118. The van der Waals surface area contributed by atoms with E-state index in [-0.39, 0.29) is 11.6 Å². The number of benzene rings is 1. The second-order valence-electron chi connectivity index (χ2n) is 5.18. The molecule has 2 N–H and O–H groups in total. The first-order valence-electron chi connectivity index (χ1n) is 5.81. The van der Waals surface area contributed by atoms with Gasteiger partial charge in [-0.3, -0.25) is 0 Å². The van der Waals surface area contributed by atoms with E-state index in [9.17, 15) is 0 Å². The third-order valence-electron chi connectivity index (χ3n) is 2.67. The number of ether oxygens (including phenoxy) is 1. The van der Waals surface area contributed by atoms with Crippen LogP contribution in [0.3, 0.4) is 0 Å². The van der Waals surface area contributed by atoms with Crippen molar-refractivity contribution in [1.29, 1.82) is 0 Å². The molecule has 0 fully saturated rings. The molecule has 1 atom stereocenters. The van der Waals surface area contributed by atoms with Crippen LogP contribution < -0.4 is 5.73 Å². The Hall–Kier alpha value is -0.860. The van der Waals surface area contributed by atoms with Crippen LogP contribution in [-0.4, -0.2) is 18.8 Å². The number of hydrogen-bond donors (Lipinski definition) is 1. The third-order valence-corrected chi connectivity index (χ3v) is 2.67. The Labute approximate surface area is 98.8 Å². The van der Waals surface area contributed by atoms with Crippen LogP contribution in [0.2, 0.25) is 0 Å². The molecule has 0 saturated carbocycles. The zero-order valence-corrected chi connectivity index (χ0v) is 10.8. The van der Waals surface area contributed by atoms with Crippen molar-refractivity contribution in [2.24, 2.45) is 5.73 Å². The average molecular weight is 221 g/mol. The molecule has 0 spiro atoms. The predicted octanol–water partition coefficient (Wildman–Crippen LogP) is 2.54. The molecule has 0 aliphatic rings. The molecular weight excluding hydrogens is 198 g/mol. The Morgan fingerprint density at radius 2 is 1.81 bits per heavy atom. The molecule has 0 bridgehead atoms. The molecule has 1 aromatic carbocycles. The minimum Gasteiger partial charge on any atom is -0.381 e. The molecule has 1 aromatic rings. The fourth-order valence-corrected chi connectivity index (χ4v) is 1.81. The molecule has 0 radical (unpaired) electrons. The van der Waals surface area contributed by atoms with Crippen LogP contribution in [-0.2, 0) is 17.6 Å². The standard InChI is InChI=1S/C14H23NO/c1-11(16-4)9-12-7-5-6-8-13(12)10-14(2,3)15/h5-8,11H,9-10,15H2,1-4H3. The lowest BCUT2D eigenvalue weighted by Gasteiger charge is -2.21. The molecule has 1 unspecified atom stereocenters. The number of hydrogen-bond acceptors (Lipinski definition) is 2. The molecule has 0 saturated heterocycles. The highest BCUT2D eigenvalue weighted by Gasteiger charge is 2.14. The van der Waals surface area contributed by atoms with E-state index in [0.717, 1.165) is 12.8 Å². The van der Waals surface area contributed by atoms with Crippen molar-refractivity contribution < 1.29 is 4.74 Å². The molecule has 2 heteroatoms. The van der Waals surface area contributed by atoms with Crippen LogP contribution in [0.5, 0.6) is 0 Å². The van der Waals surface area contributed by atoms with Crippen LogP contribution in [0.4, 0.5) is 0 Å². The van der Waals surface area contributed by atoms with Gasteiger partial charge in [0.2, 0.25) is 0 Å². The molecule has 0 aliphatic heterocycles. The Morgan fingerprint density at radius 1 is 1.25 bits per heavy atom. The summed E-state index contributed by atoms with van der Waals surface area (Å²) in [5.74, 6) is 0. The lowest BCUT2D eigenvalue weighted by atomic mass is 9.91. The van der Waals surface area contributed by atoms with Gasteiger partial charge in [0.05, 0.1) is 6.10 Å². The van der Waals surface area contributed by atoms with Crippen LogP contribution in [0.15, 0.2) is 24.3 Å². The fourth-order valence-electron chi connectivity index (χ4n) is 1.81. The van der Waals surface area contributed by atoms with Gasteiger partial charge in [-0.1, -0.05) is 24.3 Å². The summed E-state index contributed by atoms with van der Waals surface area (Å²) in [5.41, 5.74) is 8.58. The Morgan fingerprint density at radius 3 is 2.31 bits per heavy atom. The minimum absolute atomic E-state index is 0.160. The first-order chi connectivity index (χ1) is 7.42. The van der Waals surface area contributed by atoms with E-state index in [1.165, 1.54) is 11.1 Å².